The van der Waals surface area contributed by atoms with Crippen molar-refractivity contribution in [1.29, 1.82) is 0 Å². The van der Waals surface area contributed by atoms with Gasteiger partial charge in [0.15, 0.2) is 18.1 Å². The summed E-state index contributed by atoms with van der Waals surface area (Å²) in [4.78, 5) is 29.4. The van der Waals surface area contributed by atoms with Gasteiger partial charge in [0.2, 0.25) is 0 Å². The highest BCUT2D eigenvalue weighted by atomic mass is 16.5. The standard InChI is InChI=1S/C26H25N3O6/c1-17-7-6-12-29-14-19(27-25(17)29)15-35-26(31)18-10-11-22(23(13-18)33-3)34-16-24(30)28-20-8-4-5-9-21(20)32-2/h4-14H,15-16H2,1-3H3,(H,28,30). The molecule has 0 saturated carbocycles. The molecule has 0 fully saturated rings. The lowest BCUT2D eigenvalue weighted by molar-refractivity contribution is -0.118. The number of para-hydroxylation sites is 2. The third kappa shape index (κ3) is 5.52. The topological polar surface area (TPSA) is 100 Å². The fourth-order valence-electron chi connectivity index (χ4n) is 3.49. The van der Waals surface area contributed by atoms with Crippen LogP contribution < -0.4 is 19.5 Å². The molecule has 9 heteroatoms. The van der Waals surface area contributed by atoms with Crippen LogP contribution in [0.5, 0.6) is 17.2 Å². The number of hydrogen-bond acceptors (Lipinski definition) is 7. The number of amides is 1. The minimum absolute atomic E-state index is 0.0314. The number of carbonyl (C=O) groups excluding carboxylic acids is 2. The van der Waals surface area contributed by atoms with Crippen LogP contribution in [0.25, 0.3) is 5.65 Å². The van der Waals surface area contributed by atoms with Crippen LogP contribution in [-0.2, 0) is 16.1 Å². The second kappa shape index (κ2) is 10.6. The Morgan fingerprint density at radius 2 is 1.77 bits per heavy atom. The number of pyridine rings is 1. The van der Waals surface area contributed by atoms with Gasteiger partial charge in [-0.15, -0.1) is 0 Å². The smallest absolute Gasteiger partial charge is 0.338 e. The van der Waals surface area contributed by atoms with E-state index in [-0.39, 0.29) is 24.7 Å². The number of hydrogen-bond donors (Lipinski definition) is 1. The molecule has 2 heterocycles. The van der Waals surface area contributed by atoms with Crippen LogP contribution >= 0.6 is 0 Å². The van der Waals surface area contributed by atoms with Crippen LogP contribution in [0.1, 0.15) is 21.6 Å². The lowest BCUT2D eigenvalue weighted by Crippen LogP contribution is -2.20. The number of aryl methyl sites for hydroxylation is 1. The number of rotatable bonds is 9. The molecule has 0 aliphatic carbocycles. The second-order valence-electron chi connectivity index (χ2n) is 7.63. The Hall–Kier alpha value is -4.53. The molecule has 1 amide bonds. The highest BCUT2D eigenvalue weighted by Crippen LogP contribution is 2.29. The summed E-state index contributed by atoms with van der Waals surface area (Å²) in [6, 6.07) is 15.6. The average molecular weight is 476 g/mol. The summed E-state index contributed by atoms with van der Waals surface area (Å²) >= 11 is 0. The second-order valence-corrected chi connectivity index (χ2v) is 7.63. The van der Waals surface area contributed by atoms with Crippen molar-refractivity contribution in [2.75, 3.05) is 26.1 Å². The van der Waals surface area contributed by atoms with Gasteiger partial charge in [0.25, 0.3) is 5.91 Å². The van der Waals surface area contributed by atoms with Gasteiger partial charge in [-0.3, -0.25) is 4.79 Å². The van der Waals surface area contributed by atoms with Gasteiger partial charge in [0, 0.05) is 12.4 Å². The van der Waals surface area contributed by atoms with E-state index in [1.807, 2.05) is 35.9 Å². The molecule has 2 aromatic heterocycles. The van der Waals surface area contributed by atoms with Gasteiger partial charge in [0.05, 0.1) is 31.2 Å². The molecular weight excluding hydrogens is 450 g/mol. The number of imidazole rings is 1. The zero-order valence-electron chi connectivity index (χ0n) is 19.6. The average Bonchev–Trinajstić information content (AvgIpc) is 3.31. The first-order valence-corrected chi connectivity index (χ1v) is 10.8. The van der Waals surface area contributed by atoms with Crippen molar-refractivity contribution in [3.05, 3.63) is 83.8 Å². The van der Waals surface area contributed by atoms with Crippen LogP contribution in [0.4, 0.5) is 5.69 Å². The number of nitrogens with zero attached hydrogens (tertiary/aromatic N) is 2. The van der Waals surface area contributed by atoms with Gasteiger partial charge in [-0.25, -0.2) is 9.78 Å². The molecule has 0 aliphatic heterocycles. The fourth-order valence-corrected chi connectivity index (χ4v) is 3.49. The Morgan fingerprint density at radius 1 is 0.971 bits per heavy atom. The molecule has 35 heavy (non-hydrogen) atoms. The lowest BCUT2D eigenvalue weighted by Gasteiger charge is -2.13. The van der Waals surface area contributed by atoms with Crippen molar-refractivity contribution < 1.29 is 28.5 Å². The molecule has 0 radical (unpaired) electrons. The minimum atomic E-state index is -0.530. The molecule has 4 aromatic rings. The third-order valence-electron chi connectivity index (χ3n) is 5.22. The van der Waals surface area contributed by atoms with Gasteiger partial charge in [-0.05, 0) is 48.9 Å². The largest absolute Gasteiger partial charge is 0.495 e. The molecule has 180 valence electrons. The predicted octanol–water partition coefficient (Wildman–Crippen LogP) is 4.03. The molecule has 0 unspecified atom stereocenters. The fraction of sp³-hybridized carbons (Fsp3) is 0.192. The van der Waals surface area contributed by atoms with Crippen LogP contribution in [0.15, 0.2) is 67.0 Å². The zero-order valence-corrected chi connectivity index (χ0v) is 19.6. The normalized spacial score (nSPS) is 10.6. The number of carbonyl (C=O) groups is 2. The quantitative estimate of drug-likeness (QED) is 0.365. The Bertz CT molecular complexity index is 1360. The van der Waals surface area contributed by atoms with E-state index in [0.717, 1.165) is 11.2 Å². The van der Waals surface area contributed by atoms with Crippen LogP contribution in [0.2, 0.25) is 0 Å². The lowest BCUT2D eigenvalue weighted by atomic mass is 10.2. The van der Waals surface area contributed by atoms with Crippen LogP contribution in [-0.4, -0.2) is 42.1 Å². The maximum Gasteiger partial charge on any atom is 0.338 e. The van der Waals surface area contributed by atoms with Gasteiger partial charge in [0.1, 0.15) is 18.0 Å². The minimum Gasteiger partial charge on any atom is -0.495 e. The first-order chi connectivity index (χ1) is 17.0. The van der Waals surface area contributed by atoms with E-state index in [1.165, 1.54) is 20.3 Å². The highest BCUT2D eigenvalue weighted by molar-refractivity contribution is 5.93. The van der Waals surface area contributed by atoms with E-state index in [2.05, 4.69) is 10.3 Å². The monoisotopic (exact) mass is 475 g/mol. The van der Waals surface area contributed by atoms with Crippen LogP contribution in [0.3, 0.4) is 0 Å². The Morgan fingerprint density at radius 3 is 2.54 bits per heavy atom. The number of fused-ring (bicyclic) bond motifs is 1. The van der Waals surface area contributed by atoms with Gasteiger partial charge in [-0.2, -0.15) is 0 Å². The molecule has 0 spiro atoms. The van der Waals surface area contributed by atoms with E-state index in [1.54, 1.807) is 36.4 Å². The Balaban J connectivity index is 1.36. The predicted molar refractivity (Wildman–Crippen MR) is 129 cm³/mol. The van der Waals surface area contributed by atoms with Gasteiger partial charge in [-0.1, -0.05) is 18.2 Å². The van der Waals surface area contributed by atoms with Crippen molar-refractivity contribution in [3.63, 3.8) is 0 Å². The zero-order chi connectivity index (χ0) is 24.8. The Labute approximate surface area is 202 Å². The van der Waals surface area contributed by atoms with Crippen molar-refractivity contribution in [2.45, 2.75) is 13.5 Å². The van der Waals surface area contributed by atoms with E-state index in [0.29, 0.717) is 28.6 Å². The van der Waals surface area contributed by atoms with E-state index in [9.17, 15) is 9.59 Å². The summed E-state index contributed by atoms with van der Waals surface area (Å²) < 4.78 is 23.5. The number of esters is 1. The van der Waals surface area contributed by atoms with Gasteiger partial charge >= 0.3 is 5.97 Å². The first-order valence-electron chi connectivity index (χ1n) is 10.8. The number of ether oxygens (including phenoxy) is 4. The van der Waals surface area contributed by atoms with Crippen molar-refractivity contribution in [1.82, 2.24) is 9.38 Å². The van der Waals surface area contributed by atoms with Gasteiger partial charge < -0.3 is 28.7 Å². The number of nitrogens with one attached hydrogen (secondary N) is 1. The summed E-state index contributed by atoms with van der Waals surface area (Å²) in [5.74, 6) is 0.253. The summed E-state index contributed by atoms with van der Waals surface area (Å²) in [5, 5.41) is 2.73. The summed E-state index contributed by atoms with van der Waals surface area (Å²) in [5.41, 5.74) is 3.31. The molecule has 0 aliphatic rings. The maximum atomic E-state index is 12.6. The number of aromatic nitrogens is 2. The molecule has 0 saturated heterocycles. The van der Waals surface area contributed by atoms with Crippen LogP contribution in [0, 0.1) is 6.92 Å². The highest BCUT2D eigenvalue weighted by Gasteiger charge is 2.15. The first kappa shape index (κ1) is 23.6. The molecule has 1 N–H and O–H groups in total. The van der Waals surface area contributed by atoms with Crippen molar-refractivity contribution in [3.8, 4) is 17.2 Å². The summed E-state index contributed by atoms with van der Waals surface area (Å²) in [7, 11) is 2.97. The summed E-state index contributed by atoms with van der Waals surface area (Å²) in [6.45, 7) is 1.74. The molecule has 4 rings (SSSR count). The Kier molecular flexibility index (Phi) is 7.15. The van der Waals surface area contributed by atoms with E-state index in [4.69, 9.17) is 18.9 Å². The number of benzene rings is 2. The van der Waals surface area contributed by atoms with E-state index < -0.39 is 5.97 Å². The SMILES string of the molecule is COc1ccccc1NC(=O)COc1ccc(C(=O)OCc2cn3cccc(C)c3n2)cc1OC. The van der Waals surface area contributed by atoms with Crippen molar-refractivity contribution in [2.24, 2.45) is 0 Å². The molecule has 9 nitrogen and oxygen atoms in total. The molecule has 0 bridgehead atoms. The number of anilines is 1. The molecule has 2 aromatic carbocycles. The van der Waals surface area contributed by atoms with E-state index >= 15 is 0 Å². The third-order valence-corrected chi connectivity index (χ3v) is 5.22. The molecule has 0 atom stereocenters. The summed E-state index contributed by atoms with van der Waals surface area (Å²) in [6.07, 6.45) is 3.71. The molecular formula is C26H25N3O6. The maximum absolute atomic E-state index is 12.6. The number of methoxy groups -OCH3 is 2. The van der Waals surface area contributed by atoms with Crippen molar-refractivity contribution >= 4 is 23.2 Å².